The Labute approximate surface area is 145 Å². The maximum atomic E-state index is 12.1. The van der Waals surface area contributed by atoms with Gasteiger partial charge in [0, 0.05) is 4.47 Å². The molecule has 0 aliphatic carbocycles. The molecule has 0 aliphatic heterocycles. The fourth-order valence-corrected chi connectivity index (χ4v) is 2.06. The molecule has 0 radical (unpaired) electrons. The molecule has 6 heteroatoms. The molecule has 126 valence electrons. The van der Waals surface area contributed by atoms with Gasteiger partial charge in [-0.05, 0) is 45.4 Å². The van der Waals surface area contributed by atoms with Gasteiger partial charge in [0.25, 0.3) is 0 Å². The lowest BCUT2D eigenvalue weighted by Gasteiger charge is -2.24. The number of ether oxygens (including phenoxy) is 2. The van der Waals surface area contributed by atoms with Crippen LogP contribution in [-0.2, 0) is 14.3 Å². The molecule has 5 nitrogen and oxygen atoms in total. The molecule has 1 amide bonds. The molecule has 0 unspecified atom stereocenters. The lowest BCUT2D eigenvalue weighted by atomic mass is 10.00. The first-order valence-corrected chi connectivity index (χ1v) is 8.04. The summed E-state index contributed by atoms with van der Waals surface area (Å²) in [7, 11) is 0. The van der Waals surface area contributed by atoms with Gasteiger partial charge in [0.1, 0.15) is 5.60 Å². The fourth-order valence-electron chi connectivity index (χ4n) is 1.79. The number of rotatable bonds is 5. The number of carbonyl (C=O) groups is 2. The highest BCUT2D eigenvalue weighted by Gasteiger charge is 2.26. The zero-order chi connectivity index (χ0) is 17.6. The predicted molar refractivity (Wildman–Crippen MR) is 92.0 cm³/mol. The quantitative estimate of drug-likeness (QED) is 0.612. The van der Waals surface area contributed by atoms with Crippen LogP contribution in [-0.4, -0.2) is 24.3 Å². The van der Waals surface area contributed by atoms with E-state index in [0.717, 1.165) is 4.47 Å². The molecule has 0 aromatic heterocycles. The van der Waals surface area contributed by atoms with E-state index in [9.17, 15) is 9.59 Å². The van der Waals surface area contributed by atoms with Crippen LogP contribution in [0.5, 0.6) is 0 Å². The van der Waals surface area contributed by atoms with Crippen molar-refractivity contribution in [3.05, 3.63) is 46.5 Å². The number of esters is 1. The largest absolute Gasteiger partial charge is 0.463 e. The monoisotopic (exact) mass is 383 g/mol. The van der Waals surface area contributed by atoms with Crippen LogP contribution in [0.1, 0.15) is 39.3 Å². The van der Waals surface area contributed by atoms with E-state index in [0.29, 0.717) is 5.56 Å². The topological polar surface area (TPSA) is 64.6 Å². The molecule has 0 fully saturated rings. The van der Waals surface area contributed by atoms with Crippen LogP contribution in [0, 0.1) is 0 Å². The lowest BCUT2D eigenvalue weighted by molar-refractivity contribution is -0.138. The Morgan fingerprint density at radius 2 is 1.83 bits per heavy atom. The number of nitrogens with one attached hydrogen (secondary N) is 1. The van der Waals surface area contributed by atoms with Gasteiger partial charge in [-0.2, -0.15) is 0 Å². The maximum Gasteiger partial charge on any atom is 0.408 e. The van der Waals surface area contributed by atoms with Crippen molar-refractivity contribution < 1.29 is 19.1 Å². The van der Waals surface area contributed by atoms with Crippen molar-refractivity contribution in [2.45, 2.75) is 39.3 Å². The zero-order valence-electron chi connectivity index (χ0n) is 13.8. The summed E-state index contributed by atoms with van der Waals surface area (Å²) in [5, 5.41) is 2.67. The molecule has 1 rings (SSSR count). The van der Waals surface area contributed by atoms with Gasteiger partial charge in [-0.15, -0.1) is 0 Å². The third kappa shape index (κ3) is 6.44. The molecule has 1 N–H and O–H groups in total. The Hall–Kier alpha value is -1.82. The molecular formula is C17H22BrNO4. The van der Waals surface area contributed by atoms with E-state index in [2.05, 4.69) is 27.8 Å². The van der Waals surface area contributed by atoms with Gasteiger partial charge in [0.2, 0.25) is 0 Å². The standard InChI is InChI=1S/C17H22BrNO4/c1-6-22-15(20)11(2)14(12-7-9-13(18)10-8-12)19-16(21)23-17(3,4)5/h7-10,14H,2,6H2,1,3-5H3,(H,19,21)/t14-/m0/s1. The first-order valence-electron chi connectivity index (χ1n) is 7.25. The first-order chi connectivity index (χ1) is 10.6. The van der Waals surface area contributed by atoms with Gasteiger partial charge in [0.15, 0.2) is 0 Å². The van der Waals surface area contributed by atoms with Crippen molar-refractivity contribution in [2.75, 3.05) is 6.61 Å². The maximum absolute atomic E-state index is 12.1. The normalized spacial score (nSPS) is 12.2. The van der Waals surface area contributed by atoms with Crippen molar-refractivity contribution in [1.82, 2.24) is 5.32 Å². The Bertz CT molecular complexity index is 575. The van der Waals surface area contributed by atoms with Gasteiger partial charge < -0.3 is 14.8 Å². The van der Waals surface area contributed by atoms with Gasteiger partial charge in [-0.25, -0.2) is 9.59 Å². The molecular weight excluding hydrogens is 362 g/mol. The van der Waals surface area contributed by atoms with Crippen LogP contribution in [0.3, 0.4) is 0 Å². The minimum Gasteiger partial charge on any atom is -0.463 e. The zero-order valence-corrected chi connectivity index (χ0v) is 15.4. The highest BCUT2D eigenvalue weighted by Crippen LogP contribution is 2.24. The average Bonchev–Trinajstić information content (AvgIpc) is 2.43. The summed E-state index contributed by atoms with van der Waals surface area (Å²) in [5.41, 5.74) is 0.205. The molecule has 0 heterocycles. The number of hydrogen-bond acceptors (Lipinski definition) is 4. The molecule has 1 aromatic carbocycles. The number of alkyl carbamates (subject to hydrolysis) is 1. The molecule has 0 bridgehead atoms. The first kappa shape index (κ1) is 19.2. The summed E-state index contributed by atoms with van der Waals surface area (Å²) < 4.78 is 11.1. The molecule has 0 saturated carbocycles. The molecule has 0 aliphatic rings. The number of halogens is 1. The second-order valence-corrected chi connectivity index (χ2v) is 6.79. The summed E-state index contributed by atoms with van der Waals surface area (Å²) in [4.78, 5) is 24.0. The smallest absolute Gasteiger partial charge is 0.408 e. The van der Waals surface area contributed by atoms with Crippen LogP contribution in [0.2, 0.25) is 0 Å². The summed E-state index contributed by atoms with van der Waals surface area (Å²) in [6.45, 7) is 11.0. The van der Waals surface area contributed by atoms with Crippen LogP contribution in [0.25, 0.3) is 0 Å². The molecule has 23 heavy (non-hydrogen) atoms. The van der Waals surface area contributed by atoms with E-state index in [1.165, 1.54) is 0 Å². The number of hydrogen-bond donors (Lipinski definition) is 1. The SMILES string of the molecule is C=C(C(=O)OCC)[C@H](NC(=O)OC(C)(C)C)c1ccc(Br)cc1. The number of amides is 1. The summed E-state index contributed by atoms with van der Waals surface area (Å²) in [5.74, 6) is -0.559. The van der Waals surface area contributed by atoms with Crippen LogP contribution >= 0.6 is 15.9 Å². The fraction of sp³-hybridized carbons (Fsp3) is 0.412. The minimum absolute atomic E-state index is 0.139. The Balaban J connectivity index is 3.01. The van der Waals surface area contributed by atoms with E-state index in [1.54, 1.807) is 39.8 Å². The van der Waals surface area contributed by atoms with Crippen molar-refractivity contribution in [3.63, 3.8) is 0 Å². The third-order valence-corrected chi connectivity index (χ3v) is 3.28. The summed E-state index contributed by atoms with van der Waals surface area (Å²) >= 11 is 3.35. The lowest BCUT2D eigenvalue weighted by Crippen LogP contribution is -2.36. The van der Waals surface area contributed by atoms with Crippen LogP contribution in [0.15, 0.2) is 40.9 Å². The molecule has 1 atom stereocenters. The minimum atomic E-state index is -0.725. The van der Waals surface area contributed by atoms with Crippen molar-refractivity contribution >= 4 is 28.0 Å². The highest BCUT2D eigenvalue weighted by atomic mass is 79.9. The summed E-state index contributed by atoms with van der Waals surface area (Å²) in [6, 6.07) is 6.49. The average molecular weight is 384 g/mol. The van der Waals surface area contributed by atoms with Crippen molar-refractivity contribution in [3.8, 4) is 0 Å². The Morgan fingerprint density at radius 3 is 2.30 bits per heavy atom. The van der Waals surface area contributed by atoms with Gasteiger partial charge >= 0.3 is 12.1 Å². The van der Waals surface area contributed by atoms with Gasteiger partial charge in [-0.1, -0.05) is 34.6 Å². The third-order valence-electron chi connectivity index (χ3n) is 2.75. The second kappa shape index (κ2) is 8.15. The van der Waals surface area contributed by atoms with Crippen molar-refractivity contribution in [1.29, 1.82) is 0 Å². The Kier molecular flexibility index (Phi) is 6.81. The second-order valence-electron chi connectivity index (χ2n) is 5.88. The van der Waals surface area contributed by atoms with Crippen LogP contribution < -0.4 is 5.32 Å². The Morgan fingerprint density at radius 1 is 1.26 bits per heavy atom. The molecule has 0 saturated heterocycles. The molecule has 0 spiro atoms. The van der Waals surface area contributed by atoms with E-state index < -0.39 is 23.7 Å². The van der Waals surface area contributed by atoms with E-state index in [1.807, 2.05) is 12.1 Å². The van der Waals surface area contributed by atoms with Crippen LogP contribution in [0.4, 0.5) is 4.79 Å². The van der Waals surface area contributed by atoms with Crippen molar-refractivity contribution in [2.24, 2.45) is 0 Å². The van der Waals surface area contributed by atoms with E-state index in [-0.39, 0.29) is 12.2 Å². The summed E-state index contributed by atoms with van der Waals surface area (Å²) in [6.07, 6.45) is -0.629. The van der Waals surface area contributed by atoms with Gasteiger partial charge in [0.05, 0.1) is 18.2 Å². The number of carbonyl (C=O) groups excluding carboxylic acids is 2. The van der Waals surface area contributed by atoms with E-state index >= 15 is 0 Å². The van der Waals surface area contributed by atoms with E-state index in [4.69, 9.17) is 9.47 Å². The highest BCUT2D eigenvalue weighted by molar-refractivity contribution is 9.10. The van der Waals surface area contributed by atoms with Gasteiger partial charge in [-0.3, -0.25) is 0 Å². The predicted octanol–water partition coefficient (Wildman–Crippen LogP) is 4.13. The molecule has 1 aromatic rings. The number of benzene rings is 1.